The first-order valence-corrected chi connectivity index (χ1v) is 25.3. The highest BCUT2D eigenvalue weighted by Gasteiger charge is 2.43. The van der Waals surface area contributed by atoms with Crippen molar-refractivity contribution in [3.63, 3.8) is 0 Å². The molecule has 13 heteroatoms. The number of nitrogens with zero attached hydrogens (tertiary/aromatic N) is 2. The highest BCUT2D eigenvalue weighted by molar-refractivity contribution is 6.74. The number of nitrogens with one attached hydrogen (secondary N) is 2. The number of hydrogen-bond acceptors (Lipinski definition) is 7. The molecule has 1 aliphatic rings. The van der Waals surface area contributed by atoms with E-state index in [1.54, 1.807) is 22.9 Å². The molecule has 3 aromatic rings. The summed E-state index contributed by atoms with van der Waals surface area (Å²) in [7, 11) is -0.780. The van der Waals surface area contributed by atoms with Crippen LogP contribution in [-0.2, 0) is 42.9 Å². The van der Waals surface area contributed by atoms with Gasteiger partial charge in [0.1, 0.15) is 18.2 Å². The van der Waals surface area contributed by atoms with Crippen molar-refractivity contribution in [3.05, 3.63) is 107 Å². The maximum absolute atomic E-state index is 14.9. The lowest BCUT2D eigenvalue weighted by molar-refractivity contribution is -0.140. The molecule has 0 saturated carbocycles. The van der Waals surface area contributed by atoms with Crippen LogP contribution >= 0.6 is 11.6 Å². The normalized spacial score (nSPS) is 15.9. The molecule has 62 heavy (non-hydrogen) atoms. The Hall–Kier alpha value is -4.39. The minimum atomic E-state index is -2.52. The Morgan fingerprint density at radius 3 is 1.95 bits per heavy atom. The van der Waals surface area contributed by atoms with Gasteiger partial charge >= 0.3 is 12.2 Å². The molecule has 3 aromatic carbocycles. The van der Waals surface area contributed by atoms with Crippen LogP contribution in [0.25, 0.3) is 0 Å². The first-order valence-electron chi connectivity index (χ1n) is 22.0. The number of halogens is 1. The van der Waals surface area contributed by atoms with E-state index in [1.165, 1.54) is 0 Å². The van der Waals surface area contributed by atoms with E-state index in [4.69, 9.17) is 25.5 Å². The zero-order chi connectivity index (χ0) is 45.8. The lowest BCUT2D eigenvalue weighted by Gasteiger charge is -2.42. The van der Waals surface area contributed by atoms with Gasteiger partial charge in [-0.25, -0.2) is 9.59 Å². The number of piperidine rings is 1. The van der Waals surface area contributed by atoms with E-state index in [1.807, 2.05) is 113 Å². The summed E-state index contributed by atoms with van der Waals surface area (Å²) in [4.78, 5) is 59.1. The van der Waals surface area contributed by atoms with Gasteiger partial charge < -0.3 is 34.3 Å². The molecule has 4 rings (SSSR count). The van der Waals surface area contributed by atoms with E-state index in [2.05, 4.69) is 44.5 Å². The van der Waals surface area contributed by atoms with Crippen molar-refractivity contribution in [2.24, 2.45) is 11.8 Å². The third kappa shape index (κ3) is 15.4. The standard InChI is InChI=1S/C49H71ClN4O7Si/c1-34(2)43(45(56)54-27-25-40(26-28-54)53(9)47(58)59-33-36-21-16-13-17-22-36)52-44(55)38(29-37-23-18-24-39(50)30-37)32-42(61-62(10,11)49(6,7)8)41(31-35-19-14-12-15-20-35)51-46(57)60-48(3,4)5/h12-24,30,34,38,40-43H,25-29,31-33H2,1-11H3,(H,51,57)(H,52,55)/t38-,41+,42+,43+/m1/s1. The number of amides is 4. The number of ether oxygens (including phenoxy) is 2. The molecule has 0 spiro atoms. The van der Waals surface area contributed by atoms with Crippen LogP contribution in [0.1, 0.15) is 91.3 Å². The smallest absolute Gasteiger partial charge is 0.410 e. The summed E-state index contributed by atoms with van der Waals surface area (Å²) in [5.74, 6) is -1.33. The minimum absolute atomic E-state index is 0.0903. The van der Waals surface area contributed by atoms with E-state index in [0.717, 1.165) is 16.7 Å². The van der Waals surface area contributed by atoms with Gasteiger partial charge in [-0.1, -0.05) is 119 Å². The molecule has 1 aliphatic heterocycles. The van der Waals surface area contributed by atoms with Gasteiger partial charge in [0.2, 0.25) is 11.8 Å². The fourth-order valence-corrected chi connectivity index (χ4v) is 8.97. The summed E-state index contributed by atoms with van der Waals surface area (Å²) in [6, 6.07) is 25.5. The van der Waals surface area contributed by atoms with Gasteiger partial charge in [0.15, 0.2) is 8.32 Å². The Morgan fingerprint density at radius 2 is 1.40 bits per heavy atom. The molecule has 4 amide bonds. The molecular formula is C49H71ClN4O7Si. The molecule has 1 fully saturated rings. The minimum Gasteiger partial charge on any atom is -0.445 e. The second-order valence-corrected chi connectivity index (χ2v) is 24.8. The van der Waals surface area contributed by atoms with E-state index in [-0.39, 0.29) is 41.8 Å². The topological polar surface area (TPSA) is 127 Å². The monoisotopic (exact) mass is 890 g/mol. The number of carbonyl (C=O) groups is 4. The Kier molecular flexibility index (Phi) is 18.1. The zero-order valence-corrected chi connectivity index (χ0v) is 40.6. The first kappa shape index (κ1) is 50.3. The van der Waals surface area contributed by atoms with E-state index < -0.39 is 50.2 Å². The second-order valence-electron chi connectivity index (χ2n) is 19.6. The van der Waals surface area contributed by atoms with Crippen LogP contribution in [0, 0.1) is 11.8 Å². The van der Waals surface area contributed by atoms with Crippen LogP contribution in [-0.4, -0.2) is 92.1 Å². The molecule has 11 nitrogen and oxygen atoms in total. The van der Waals surface area contributed by atoms with E-state index in [9.17, 15) is 19.2 Å². The SMILES string of the molecule is CC(C)[C@H](NC(=O)[C@H](Cc1cccc(Cl)c1)C[C@H](O[Si](C)(C)C(C)(C)C)[C@H](Cc1ccccc1)NC(=O)OC(C)(C)C)C(=O)N1CCC(N(C)C(=O)OCc2ccccc2)CC1. The van der Waals surface area contributed by atoms with Crippen molar-refractivity contribution in [2.75, 3.05) is 20.1 Å². The third-order valence-electron chi connectivity index (χ3n) is 12.0. The molecular weight excluding hydrogens is 820 g/mol. The molecule has 0 aromatic heterocycles. The third-order valence-corrected chi connectivity index (χ3v) is 16.7. The number of alkyl carbamates (subject to hydrolysis) is 1. The van der Waals surface area contributed by atoms with Gasteiger partial charge in [0.25, 0.3) is 0 Å². The van der Waals surface area contributed by atoms with Crippen LogP contribution in [0.2, 0.25) is 23.2 Å². The van der Waals surface area contributed by atoms with Crippen molar-refractivity contribution in [1.29, 1.82) is 0 Å². The number of carbonyl (C=O) groups excluding carboxylic acids is 4. The molecule has 0 aliphatic carbocycles. The van der Waals surface area contributed by atoms with Crippen LogP contribution in [0.5, 0.6) is 0 Å². The molecule has 4 atom stereocenters. The van der Waals surface area contributed by atoms with Crippen LogP contribution < -0.4 is 10.6 Å². The summed E-state index contributed by atoms with van der Waals surface area (Å²) >= 11 is 6.48. The molecule has 340 valence electrons. The number of likely N-dealkylation sites (tertiary alicyclic amines) is 1. The Balaban J connectivity index is 1.60. The second kappa shape index (κ2) is 22.3. The predicted octanol–water partition coefficient (Wildman–Crippen LogP) is 9.82. The maximum Gasteiger partial charge on any atom is 0.410 e. The first-order chi connectivity index (χ1) is 29.0. The van der Waals surface area contributed by atoms with Gasteiger partial charge in [-0.2, -0.15) is 0 Å². The lowest BCUT2D eigenvalue weighted by atomic mass is 9.88. The number of hydrogen-bond donors (Lipinski definition) is 2. The van der Waals surface area contributed by atoms with Crippen molar-refractivity contribution in [3.8, 4) is 0 Å². The largest absolute Gasteiger partial charge is 0.445 e. The molecule has 0 radical (unpaired) electrons. The van der Waals surface area contributed by atoms with Crippen LogP contribution in [0.15, 0.2) is 84.9 Å². The Bertz CT molecular complexity index is 1910. The van der Waals surface area contributed by atoms with Gasteiger partial charge in [0, 0.05) is 37.1 Å². The quantitative estimate of drug-likeness (QED) is 0.129. The molecule has 1 saturated heterocycles. The van der Waals surface area contributed by atoms with Crippen molar-refractivity contribution < 1.29 is 33.1 Å². The highest BCUT2D eigenvalue weighted by Crippen LogP contribution is 2.39. The highest BCUT2D eigenvalue weighted by atomic mass is 35.5. The van der Waals surface area contributed by atoms with Crippen molar-refractivity contribution in [2.45, 2.75) is 142 Å². The van der Waals surface area contributed by atoms with Gasteiger partial charge in [-0.05, 0) is 106 Å². The van der Waals surface area contributed by atoms with Gasteiger partial charge in [0.05, 0.1) is 12.1 Å². The fourth-order valence-electron chi connectivity index (χ4n) is 7.39. The molecule has 1 heterocycles. The number of rotatable bonds is 17. The van der Waals surface area contributed by atoms with Crippen molar-refractivity contribution in [1.82, 2.24) is 20.4 Å². The van der Waals surface area contributed by atoms with Crippen LogP contribution in [0.4, 0.5) is 9.59 Å². The summed E-state index contributed by atoms with van der Waals surface area (Å²) in [6.45, 7) is 21.2. The lowest BCUT2D eigenvalue weighted by Crippen LogP contribution is -2.57. The predicted molar refractivity (Wildman–Crippen MR) is 249 cm³/mol. The van der Waals surface area contributed by atoms with E-state index >= 15 is 0 Å². The Morgan fingerprint density at radius 1 is 0.823 bits per heavy atom. The van der Waals surface area contributed by atoms with E-state index in [0.29, 0.717) is 43.8 Å². The van der Waals surface area contributed by atoms with Gasteiger partial charge in [-0.3, -0.25) is 9.59 Å². The summed E-state index contributed by atoms with van der Waals surface area (Å²) in [5.41, 5.74) is 2.04. The van der Waals surface area contributed by atoms with Gasteiger partial charge in [-0.15, -0.1) is 0 Å². The maximum atomic E-state index is 14.9. The van der Waals surface area contributed by atoms with Crippen molar-refractivity contribution >= 4 is 43.9 Å². The molecule has 2 N–H and O–H groups in total. The zero-order valence-electron chi connectivity index (χ0n) is 38.8. The Labute approximate surface area is 376 Å². The summed E-state index contributed by atoms with van der Waals surface area (Å²) in [5, 5.41) is 6.72. The number of benzene rings is 3. The fraction of sp³-hybridized carbons (Fsp3) is 0.551. The average Bonchev–Trinajstić information content (AvgIpc) is 3.20. The molecule has 0 unspecified atom stereocenters. The summed E-state index contributed by atoms with van der Waals surface area (Å²) < 4.78 is 18.6. The average molecular weight is 892 g/mol. The summed E-state index contributed by atoms with van der Waals surface area (Å²) in [6.07, 6.45) is 0.594. The van der Waals surface area contributed by atoms with Crippen LogP contribution in [0.3, 0.4) is 0 Å². The molecule has 0 bridgehead atoms.